The molecule has 148 valence electrons. The lowest BCUT2D eigenvalue weighted by atomic mass is 9.79. The second kappa shape index (κ2) is 7.74. The third-order valence-electron chi connectivity index (χ3n) is 5.61. The van der Waals surface area contributed by atoms with Gasteiger partial charge in [0.05, 0.1) is 10.6 Å². The number of nitro groups is 1. The first-order valence-electron chi connectivity index (χ1n) is 9.93. The molecule has 1 aliphatic heterocycles. The monoisotopic (exact) mass is 379 g/mol. The maximum absolute atomic E-state index is 11.1. The molecule has 1 heterocycles. The highest BCUT2D eigenvalue weighted by Gasteiger charge is 2.35. The van der Waals surface area contributed by atoms with Gasteiger partial charge in [-0.25, -0.2) is 0 Å². The lowest BCUT2D eigenvalue weighted by molar-refractivity contribution is -0.385. The molecular formula is C23H29N3O2. The normalized spacial score (nSPS) is 18.3. The SMILES string of the molecule is CCCN1c2ccc(C=Nc3ccc(C)c([N+](=O)[O-])c3)cc2C(C)CC1(C)C. The molecule has 0 saturated heterocycles. The molecule has 0 spiro atoms. The fourth-order valence-electron chi connectivity index (χ4n) is 4.26. The topological polar surface area (TPSA) is 58.7 Å². The van der Waals surface area contributed by atoms with Crippen LogP contribution in [0.1, 0.15) is 63.1 Å². The van der Waals surface area contributed by atoms with E-state index in [0.29, 0.717) is 17.2 Å². The van der Waals surface area contributed by atoms with E-state index in [1.54, 1.807) is 19.2 Å². The maximum Gasteiger partial charge on any atom is 0.274 e. The lowest BCUT2D eigenvalue weighted by Crippen LogP contribution is -2.48. The molecule has 1 aliphatic rings. The van der Waals surface area contributed by atoms with Gasteiger partial charge in [0, 0.05) is 35.6 Å². The van der Waals surface area contributed by atoms with E-state index < -0.39 is 0 Å². The number of nitro benzene ring substituents is 1. The number of nitrogens with zero attached hydrogens (tertiary/aromatic N) is 3. The average Bonchev–Trinajstić information content (AvgIpc) is 2.64. The zero-order valence-corrected chi connectivity index (χ0v) is 17.4. The quantitative estimate of drug-likeness (QED) is 0.355. The Morgan fingerprint density at radius 1 is 1.29 bits per heavy atom. The van der Waals surface area contributed by atoms with Gasteiger partial charge in [-0.15, -0.1) is 0 Å². The first-order chi connectivity index (χ1) is 13.2. The zero-order chi connectivity index (χ0) is 20.5. The molecule has 0 radical (unpaired) electrons. The van der Waals surface area contributed by atoms with Crippen LogP contribution in [0.25, 0.3) is 0 Å². The second-order valence-electron chi connectivity index (χ2n) is 8.37. The van der Waals surface area contributed by atoms with Crippen LogP contribution in [0.2, 0.25) is 0 Å². The van der Waals surface area contributed by atoms with Crippen molar-refractivity contribution in [1.29, 1.82) is 0 Å². The number of benzene rings is 2. The molecule has 2 aromatic rings. The summed E-state index contributed by atoms with van der Waals surface area (Å²) in [6, 6.07) is 11.6. The Morgan fingerprint density at radius 3 is 2.71 bits per heavy atom. The Kier molecular flexibility index (Phi) is 5.54. The van der Waals surface area contributed by atoms with Gasteiger partial charge in [-0.2, -0.15) is 0 Å². The molecule has 1 atom stereocenters. The summed E-state index contributed by atoms with van der Waals surface area (Å²) in [5.74, 6) is 0.479. The van der Waals surface area contributed by atoms with Gasteiger partial charge in [-0.3, -0.25) is 15.1 Å². The summed E-state index contributed by atoms with van der Waals surface area (Å²) >= 11 is 0. The Morgan fingerprint density at radius 2 is 2.04 bits per heavy atom. The number of rotatable bonds is 5. The van der Waals surface area contributed by atoms with Crippen molar-refractivity contribution >= 4 is 23.3 Å². The Hall–Kier alpha value is -2.69. The van der Waals surface area contributed by atoms with Gasteiger partial charge in [-0.05, 0) is 68.9 Å². The Balaban J connectivity index is 1.92. The van der Waals surface area contributed by atoms with Crippen molar-refractivity contribution in [2.45, 2.75) is 58.9 Å². The van der Waals surface area contributed by atoms with E-state index in [9.17, 15) is 10.1 Å². The van der Waals surface area contributed by atoms with E-state index in [1.807, 2.05) is 6.07 Å². The predicted molar refractivity (Wildman–Crippen MR) is 116 cm³/mol. The molecule has 0 fully saturated rings. The minimum absolute atomic E-state index is 0.103. The molecule has 3 rings (SSSR count). The van der Waals surface area contributed by atoms with Crippen molar-refractivity contribution in [2.24, 2.45) is 4.99 Å². The molecule has 2 aromatic carbocycles. The van der Waals surface area contributed by atoms with E-state index in [4.69, 9.17) is 0 Å². The van der Waals surface area contributed by atoms with Crippen LogP contribution in [0.15, 0.2) is 41.4 Å². The number of hydrogen-bond donors (Lipinski definition) is 0. The summed E-state index contributed by atoms with van der Waals surface area (Å²) in [6.45, 7) is 11.9. The average molecular weight is 380 g/mol. The molecule has 1 unspecified atom stereocenters. The van der Waals surface area contributed by atoms with Crippen LogP contribution in [0.4, 0.5) is 17.1 Å². The van der Waals surface area contributed by atoms with Gasteiger partial charge < -0.3 is 4.90 Å². The van der Waals surface area contributed by atoms with Crippen molar-refractivity contribution in [2.75, 3.05) is 11.4 Å². The summed E-state index contributed by atoms with van der Waals surface area (Å²) in [5, 5.41) is 11.1. The first kappa shape index (κ1) is 20.1. The van der Waals surface area contributed by atoms with Crippen molar-refractivity contribution in [3.05, 3.63) is 63.2 Å². The van der Waals surface area contributed by atoms with Crippen LogP contribution in [-0.2, 0) is 0 Å². The van der Waals surface area contributed by atoms with Gasteiger partial charge in [0.25, 0.3) is 5.69 Å². The highest BCUT2D eigenvalue weighted by molar-refractivity contribution is 5.84. The highest BCUT2D eigenvalue weighted by Crippen LogP contribution is 2.43. The molecule has 5 heteroatoms. The van der Waals surface area contributed by atoms with Crippen molar-refractivity contribution in [3.8, 4) is 0 Å². The predicted octanol–water partition coefficient (Wildman–Crippen LogP) is 6.16. The van der Waals surface area contributed by atoms with Crippen LogP contribution in [0, 0.1) is 17.0 Å². The summed E-state index contributed by atoms with van der Waals surface area (Å²) < 4.78 is 0. The third-order valence-corrected chi connectivity index (χ3v) is 5.61. The van der Waals surface area contributed by atoms with Crippen molar-refractivity contribution in [3.63, 3.8) is 0 Å². The second-order valence-corrected chi connectivity index (χ2v) is 8.37. The van der Waals surface area contributed by atoms with E-state index in [2.05, 4.69) is 55.8 Å². The molecule has 0 aliphatic carbocycles. The molecule has 0 saturated carbocycles. The van der Waals surface area contributed by atoms with Gasteiger partial charge in [-0.1, -0.05) is 26.0 Å². The molecule has 5 nitrogen and oxygen atoms in total. The molecule has 0 bridgehead atoms. The number of aryl methyl sites for hydroxylation is 1. The summed E-state index contributed by atoms with van der Waals surface area (Å²) in [4.78, 5) is 17.8. The van der Waals surface area contributed by atoms with Gasteiger partial charge >= 0.3 is 0 Å². The zero-order valence-electron chi connectivity index (χ0n) is 17.4. The fraction of sp³-hybridized carbons (Fsp3) is 0.435. The smallest absolute Gasteiger partial charge is 0.274 e. The van der Waals surface area contributed by atoms with Gasteiger partial charge in [0.1, 0.15) is 0 Å². The van der Waals surface area contributed by atoms with Crippen LogP contribution in [0.5, 0.6) is 0 Å². The Labute approximate surface area is 167 Å². The summed E-state index contributed by atoms with van der Waals surface area (Å²) in [5.41, 5.74) is 5.18. The fourth-order valence-corrected chi connectivity index (χ4v) is 4.26. The van der Waals surface area contributed by atoms with Crippen LogP contribution < -0.4 is 4.90 Å². The van der Waals surface area contributed by atoms with Crippen LogP contribution in [0.3, 0.4) is 0 Å². The molecular weight excluding hydrogens is 350 g/mol. The maximum atomic E-state index is 11.1. The molecule has 28 heavy (non-hydrogen) atoms. The number of aliphatic imine (C=N–C) groups is 1. The standard InChI is InChI=1S/C23H29N3O2/c1-6-11-25-21-10-8-18(12-20(21)17(3)14-23(25,4)5)15-24-19-9-7-16(2)22(13-19)26(27)28/h7-10,12-13,15,17H,6,11,14H2,1-5H3. The minimum atomic E-state index is -0.362. The van der Waals surface area contributed by atoms with E-state index in [-0.39, 0.29) is 16.1 Å². The lowest BCUT2D eigenvalue weighted by Gasteiger charge is -2.47. The Bertz CT molecular complexity index is 918. The van der Waals surface area contributed by atoms with E-state index >= 15 is 0 Å². The van der Waals surface area contributed by atoms with E-state index in [0.717, 1.165) is 24.9 Å². The van der Waals surface area contributed by atoms with Crippen LogP contribution >= 0.6 is 0 Å². The first-order valence-corrected chi connectivity index (χ1v) is 9.93. The van der Waals surface area contributed by atoms with Gasteiger partial charge in [0.2, 0.25) is 0 Å². The summed E-state index contributed by atoms with van der Waals surface area (Å²) in [7, 11) is 0. The summed E-state index contributed by atoms with van der Waals surface area (Å²) in [6.07, 6.45) is 4.03. The van der Waals surface area contributed by atoms with Crippen LogP contribution in [-0.4, -0.2) is 23.2 Å². The third kappa shape index (κ3) is 3.93. The molecule has 0 N–H and O–H groups in total. The van der Waals surface area contributed by atoms with Crippen molar-refractivity contribution in [1.82, 2.24) is 0 Å². The number of fused-ring (bicyclic) bond motifs is 1. The largest absolute Gasteiger partial charge is 0.366 e. The number of hydrogen-bond acceptors (Lipinski definition) is 4. The molecule has 0 aromatic heterocycles. The minimum Gasteiger partial charge on any atom is -0.366 e. The van der Waals surface area contributed by atoms with Crippen molar-refractivity contribution < 1.29 is 4.92 Å². The van der Waals surface area contributed by atoms with E-state index in [1.165, 1.54) is 17.3 Å². The van der Waals surface area contributed by atoms with Gasteiger partial charge in [0.15, 0.2) is 0 Å². The number of anilines is 1. The molecule has 0 amide bonds. The highest BCUT2D eigenvalue weighted by atomic mass is 16.6.